The van der Waals surface area contributed by atoms with E-state index in [9.17, 15) is 0 Å². The number of anilines is 2. The second-order valence-electron chi connectivity index (χ2n) is 4.88. The van der Waals surface area contributed by atoms with Crippen molar-refractivity contribution in [3.05, 3.63) is 51.0 Å². The van der Waals surface area contributed by atoms with Crippen molar-refractivity contribution in [3.63, 3.8) is 0 Å². The highest BCUT2D eigenvalue weighted by Crippen LogP contribution is 2.30. The predicted molar refractivity (Wildman–Crippen MR) is 92.8 cm³/mol. The fourth-order valence-electron chi connectivity index (χ4n) is 2.51. The highest BCUT2D eigenvalue weighted by atomic mass is 79.9. The minimum atomic E-state index is 0.639. The minimum absolute atomic E-state index is 0.639. The molecule has 0 unspecified atom stereocenters. The van der Waals surface area contributed by atoms with Crippen LogP contribution in [0.3, 0.4) is 0 Å². The number of hydrogen-bond acceptors (Lipinski definition) is 3. The lowest BCUT2D eigenvalue weighted by atomic mass is 10.2. The van der Waals surface area contributed by atoms with Gasteiger partial charge in [-0.3, -0.25) is 0 Å². The Morgan fingerprint density at radius 2 is 1.67 bits per heavy atom. The van der Waals surface area contributed by atoms with Gasteiger partial charge in [-0.15, -0.1) is 0 Å². The van der Waals surface area contributed by atoms with Gasteiger partial charge in [0.2, 0.25) is 0 Å². The Labute approximate surface area is 142 Å². The molecular weight excluding hydrogens is 373 g/mol. The van der Waals surface area contributed by atoms with Gasteiger partial charge in [0, 0.05) is 32.4 Å². The lowest BCUT2D eigenvalue weighted by Crippen LogP contribution is -2.47. The molecule has 110 valence electrons. The van der Waals surface area contributed by atoms with Crippen molar-refractivity contribution in [1.82, 2.24) is 4.98 Å². The molecular formula is C15H14BrCl2N3. The molecule has 1 aliphatic rings. The van der Waals surface area contributed by atoms with Gasteiger partial charge in [-0.25, -0.2) is 4.98 Å². The molecule has 21 heavy (non-hydrogen) atoms. The number of rotatable bonds is 2. The maximum Gasteiger partial charge on any atom is 0.143 e. The van der Waals surface area contributed by atoms with Crippen LogP contribution in [0, 0.1) is 0 Å². The third-order valence-electron chi connectivity index (χ3n) is 3.56. The van der Waals surface area contributed by atoms with Crippen LogP contribution in [-0.2, 0) is 0 Å². The number of hydrogen-bond donors (Lipinski definition) is 0. The van der Waals surface area contributed by atoms with E-state index in [1.807, 2.05) is 24.3 Å². The predicted octanol–water partition coefficient (Wildman–Crippen LogP) is 4.48. The summed E-state index contributed by atoms with van der Waals surface area (Å²) in [6.07, 6.45) is 1.68. The number of piperazine rings is 1. The summed E-state index contributed by atoms with van der Waals surface area (Å²) in [7, 11) is 0. The monoisotopic (exact) mass is 385 g/mol. The van der Waals surface area contributed by atoms with Crippen LogP contribution in [0.4, 0.5) is 11.5 Å². The van der Waals surface area contributed by atoms with E-state index in [0.29, 0.717) is 5.02 Å². The Bertz CT molecular complexity index is 643. The molecule has 1 saturated heterocycles. The maximum absolute atomic E-state index is 6.26. The van der Waals surface area contributed by atoms with Crippen molar-refractivity contribution in [2.75, 3.05) is 36.0 Å². The third-order valence-corrected chi connectivity index (χ3v) is 4.67. The van der Waals surface area contributed by atoms with Crippen molar-refractivity contribution in [2.24, 2.45) is 0 Å². The van der Waals surface area contributed by atoms with E-state index in [1.165, 1.54) is 0 Å². The molecule has 3 nitrogen and oxygen atoms in total. The molecule has 0 amide bonds. The number of aromatic nitrogens is 1. The van der Waals surface area contributed by atoms with E-state index in [1.54, 1.807) is 6.20 Å². The summed E-state index contributed by atoms with van der Waals surface area (Å²) in [5.74, 6) is 0.943. The Balaban J connectivity index is 1.72. The molecule has 0 radical (unpaired) electrons. The normalized spacial score (nSPS) is 15.4. The largest absolute Gasteiger partial charge is 0.367 e. The number of para-hydroxylation sites is 1. The van der Waals surface area contributed by atoms with E-state index in [0.717, 1.165) is 47.2 Å². The fourth-order valence-corrected chi connectivity index (χ4v) is 3.65. The Morgan fingerprint density at radius 3 is 2.33 bits per heavy atom. The van der Waals surface area contributed by atoms with Crippen LogP contribution in [0.2, 0.25) is 10.0 Å². The fraction of sp³-hybridized carbons (Fsp3) is 0.267. The smallest absolute Gasteiger partial charge is 0.143 e. The molecule has 0 bridgehead atoms. The molecule has 1 aromatic heterocycles. The van der Waals surface area contributed by atoms with Crippen molar-refractivity contribution in [3.8, 4) is 0 Å². The number of nitrogens with zero attached hydrogens (tertiary/aromatic N) is 3. The van der Waals surface area contributed by atoms with Gasteiger partial charge in [-0.2, -0.15) is 0 Å². The van der Waals surface area contributed by atoms with Gasteiger partial charge in [0.1, 0.15) is 5.82 Å². The quantitative estimate of drug-likeness (QED) is 0.758. The Morgan fingerprint density at radius 1 is 1.00 bits per heavy atom. The molecule has 2 heterocycles. The molecule has 2 aromatic rings. The van der Waals surface area contributed by atoms with Crippen LogP contribution >= 0.6 is 39.1 Å². The summed E-state index contributed by atoms with van der Waals surface area (Å²) in [6.45, 7) is 3.64. The summed E-state index contributed by atoms with van der Waals surface area (Å²) in [5, 5.41) is 1.44. The van der Waals surface area contributed by atoms with Crippen molar-refractivity contribution >= 4 is 50.6 Å². The first-order valence-corrected chi connectivity index (χ1v) is 8.25. The van der Waals surface area contributed by atoms with Crippen molar-refractivity contribution in [1.29, 1.82) is 0 Å². The highest BCUT2D eigenvalue weighted by Gasteiger charge is 2.21. The summed E-state index contributed by atoms with van der Waals surface area (Å²) >= 11 is 15.7. The molecule has 1 fully saturated rings. The molecule has 0 saturated carbocycles. The van der Waals surface area contributed by atoms with Gasteiger partial charge in [0.25, 0.3) is 0 Å². The number of benzene rings is 1. The van der Waals surface area contributed by atoms with Crippen molar-refractivity contribution < 1.29 is 0 Å². The van der Waals surface area contributed by atoms with Gasteiger partial charge in [0.05, 0.1) is 20.2 Å². The summed E-state index contributed by atoms with van der Waals surface area (Å²) in [5.41, 5.74) is 1.10. The summed E-state index contributed by atoms with van der Waals surface area (Å²) < 4.78 is 0.932. The van der Waals surface area contributed by atoms with Crippen LogP contribution in [0.5, 0.6) is 0 Å². The average Bonchev–Trinajstić information content (AvgIpc) is 2.48. The standard InChI is InChI=1S/C15H14BrCl2N3/c16-12-9-11(17)10-19-15(12)21-7-5-20(6-8-21)14-4-2-1-3-13(14)18/h1-4,9-10H,5-8H2. The van der Waals surface area contributed by atoms with Crippen LogP contribution in [0.1, 0.15) is 0 Å². The van der Waals surface area contributed by atoms with Gasteiger partial charge in [-0.1, -0.05) is 35.3 Å². The first-order chi connectivity index (χ1) is 10.1. The van der Waals surface area contributed by atoms with Gasteiger partial charge in [-0.05, 0) is 34.1 Å². The first-order valence-electron chi connectivity index (χ1n) is 6.70. The van der Waals surface area contributed by atoms with Crippen LogP contribution < -0.4 is 9.80 Å². The second-order valence-corrected chi connectivity index (χ2v) is 6.58. The highest BCUT2D eigenvalue weighted by molar-refractivity contribution is 9.10. The molecule has 3 rings (SSSR count). The average molecular weight is 387 g/mol. The molecule has 1 aromatic carbocycles. The number of pyridine rings is 1. The molecule has 1 aliphatic heterocycles. The van der Waals surface area contributed by atoms with Crippen LogP contribution in [0.25, 0.3) is 0 Å². The van der Waals surface area contributed by atoms with Gasteiger partial charge in [0.15, 0.2) is 0 Å². The molecule has 6 heteroatoms. The van der Waals surface area contributed by atoms with E-state index in [-0.39, 0.29) is 0 Å². The lowest BCUT2D eigenvalue weighted by molar-refractivity contribution is 0.646. The Kier molecular flexibility index (Phi) is 4.57. The molecule has 0 N–H and O–H groups in total. The maximum atomic E-state index is 6.26. The van der Waals surface area contributed by atoms with Gasteiger partial charge >= 0.3 is 0 Å². The second kappa shape index (κ2) is 6.42. The molecule has 0 aliphatic carbocycles. The summed E-state index contributed by atoms with van der Waals surface area (Å²) in [4.78, 5) is 8.99. The SMILES string of the molecule is Clc1cnc(N2CCN(c3ccccc3Cl)CC2)c(Br)c1. The van der Waals surface area contributed by atoms with Gasteiger partial charge < -0.3 is 9.80 Å². The topological polar surface area (TPSA) is 19.4 Å². The minimum Gasteiger partial charge on any atom is -0.367 e. The van der Waals surface area contributed by atoms with Crippen LogP contribution in [0.15, 0.2) is 41.0 Å². The Hall–Kier alpha value is -0.970. The molecule has 0 atom stereocenters. The zero-order chi connectivity index (χ0) is 14.8. The third kappa shape index (κ3) is 3.28. The zero-order valence-corrected chi connectivity index (χ0v) is 14.4. The first kappa shape index (κ1) is 14.9. The van der Waals surface area contributed by atoms with E-state index >= 15 is 0 Å². The summed E-state index contributed by atoms with van der Waals surface area (Å²) in [6, 6.07) is 9.85. The van der Waals surface area contributed by atoms with Crippen LogP contribution in [-0.4, -0.2) is 31.2 Å². The van der Waals surface area contributed by atoms with Crippen molar-refractivity contribution in [2.45, 2.75) is 0 Å². The lowest BCUT2D eigenvalue weighted by Gasteiger charge is -2.37. The van der Waals surface area contributed by atoms with E-state index in [2.05, 4.69) is 36.8 Å². The molecule has 0 spiro atoms. The number of halogens is 3. The van der Waals surface area contributed by atoms with E-state index in [4.69, 9.17) is 23.2 Å². The zero-order valence-electron chi connectivity index (χ0n) is 11.3. The van der Waals surface area contributed by atoms with E-state index < -0.39 is 0 Å².